The topological polar surface area (TPSA) is 72.5 Å². The zero-order valence-electron chi connectivity index (χ0n) is 11.2. The Balaban J connectivity index is 2.23. The summed E-state index contributed by atoms with van der Waals surface area (Å²) in [6.45, 7) is 4.18. The lowest BCUT2D eigenvalue weighted by molar-refractivity contribution is -0.760. The molecule has 0 fully saturated rings. The number of aromatic amines is 1. The first kappa shape index (κ1) is 12.2. The maximum Gasteiger partial charge on any atom is 0.134 e. The van der Waals surface area contributed by atoms with Crippen molar-refractivity contribution >= 4 is 16.9 Å². The Morgan fingerprint density at radius 2 is 2.26 bits per heavy atom. The van der Waals surface area contributed by atoms with Gasteiger partial charge in [0, 0.05) is 23.7 Å². The summed E-state index contributed by atoms with van der Waals surface area (Å²) in [4.78, 5) is 14.7. The van der Waals surface area contributed by atoms with Crippen molar-refractivity contribution in [1.29, 1.82) is 0 Å². The van der Waals surface area contributed by atoms with E-state index >= 15 is 0 Å². The Hall–Kier alpha value is -1.81. The Kier molecular flexibility index (Phi) is 2.64. The van der Waals surface area contributed by atoms with Crippen molar-refractivity contribution in [3.8, 4) is 0 Å². The Morgan fingerprint density at radius 3 is 2.95 bits per heavy atom. The number of aromatic nitrogens is 1. The summed E-state index contributed by atoms with van der Waals surface area (Å²) in [6.07, 6.45) is 1.40. The number of carboxylic acids is 1. The summed E-state index contributed by atoms with van der Waals surface area (Å²) in [5.74, 6) is -0.976. The van der Waals surface area contributed by atoms with E-state index in [1.54, 1.807) is 0 Å². The van der Waals surface area contributed by atoms with Crippen LogP contribution in [0, 0.1) is 0 Å². The third-order valence-corrected chi connectivity index (χ3v) is 4.42. The van der Waals surface area contributed by atoms with E-state index in [1.165, 1.54) is 0 Å². The number of aliphatic carboxylic acids is 1. The number of fused-ring (bicyclic) bond motifs is 3. The second-order valence-corrected chi connectivity index (χ2v) is 5.59. The fraction of sp³-hybridized carbons (Fsp3) is 0.400. The molecular weight excluding hydrogens is 240 g/mol. The smallest absolute Gasteiger partial charge is 0.134 e. The summed E-state index contributed by atoms with van der Waals surface area (Å²) in [5, 5.41) is 14.3. The van der Waals surface area contributed by atoms with Gasteiger partial charge in [-0.1, -0.05) is 25.1 Å². The van der Waals surface area contributed by atoms with E-state index in [1.807, 2.05) is 23.5 Å². The number of hydrogen-bond acceptors (Lipinski definition) is 2. The molecule has 2 heterocycles. The van der Waals surface area contributed by atoms with Gasteiger partial charge in [-0.25, -0.2) is 0 Å². The minimum atomic E-state index is -0.976. The molecule has 1 aromatic heterocycles. The quantitative estimate of drug-likeness (QED) is 0.797. The summed E-state index contributed by atoms with van der Waals surface area (Å²) >= 11 is 0. The van der Waals surface area contributed by atoms with Crippen LogP contribution in [0.5, 0.6) is 0 Å². The highest BCUT2D eigenvalue weighted by Crippen LogP contribution is 2.33. The monoisotopic (exact) mass is 258 g/mol. The molecule has 0 aliphatic carbocycles. The Morgan fingerprint density at radius 1 is 1.53 bits per heavy atom. The molecular formula is C15H18N2O2. The van der Waals surface area contributed by atoms with Gasteiger partial charge < -0.3 is 20.2 Å². The molecule has 0 radical (unpaired) electrons. The van der Waals surface area contributed by atoms with Crippen LogP contribution in [0.3, 0.4) is 0 Å². The van der Waals surface area contributed by atoms with E-state index in [2.05, 4.69) is 24.9 Å². The lowest BCUT2D eigenvalue weighted by Crippen LogP contribution is -3.02. The zero-order valence-corrected chi connectivity index (χ0v) is 11.2. The van der Waals surface area contributed by atoms with E-state index < -0.39 is 12.0 Å². The van der Waals surface area contributed by atoms with Crippen molar-refractivity contribution in [3.05, 3.63) is 35.5 Å². The normalized spacial score (nSPS) is 26.3. The van der Waals surface area contributed by atoms with Gasteiger partial charge >= 0.3 is 0 Å². The Bertz CT molecular complexity index is 647. The molecule has 2 atom stereocenters. The zero-order chi connectivity index (χ0) is 13.6. The van der Waals surface area contributed by atoms with Gasteiger partial charge in [-0.2, -0.15) is 0 Å². The third-order valence-electron chi connectivity index (χ3n) is 4.42. The number of nitrogens with one attached hydrogen (secondary N) is 1. The maximum absolute atomic E-state index is 11.3. The van der Waals surface area contributed by atoms with Gasteiger partial charge in [0.1, 0.15) is 11.6 Å². The van der Waals surface area contributed by atoms with Gasteiger partial charge in [0.05, 0.1) is 11.7 Å². The number of carboxylic acid groups (broad SMARTS) is 1. The van der Waals surface area contributed by atoms with Gasteiger partial charge in [0.2, 0.25) is 0 Å². The fourth-order valence-corrected chi connectivity index (χ4v) is 3.15. The van der Waals surface area contributed by atoms with Crippen molar-refractivity contribution in [2.24, 2.45) is 0 Å². The van der Waals surface area contributed by atoms with Gasteiger partial charge in [0.25, 0.3) is 0 Å². The number of nitrogens with two attached hydrogens (primary N) is 1. The summed E-state index contributed by atoms with van der Waals surface area (Å²) in [6, 6.07) is 7.58. The van der Waals surface area contributed by atoms with Crippen LogP contribution in [0.1, 0.15) is 31.5 Å². The molecule has 0 spiro atoms. The molecule has 4 heteroatoms. The van der Waals surface area contributed by atoms with E-state index in [-0.39, 0.29) is 5.54 Å². The van der Waals surface area contributed by atoms with Crippen LogP contribution in [0.2, 0.25) is 0 Å². The van der Waals surface area contributed by atoms with E-state index in [0.29, 0.717) is 6.42 Å². The minimum absolute atomic E-state index is 0.225. The van der Waals surface area contributed by atoms with Gasteiger partial charge in [0.15, 0.2) is 0 Å². The molecule has 1 aliphatic heterocycles. The predicted molar refractivity (Wildman–Crippen MR) is 70.4 cm³/mol. The number of quaternary nitrogens is 1. The molecule has 3 N–H and O–H groups in total. The largest absolute Gasteiger partial charge is 0.544 e. The number of benzene rings is 1. The predicted octanol–water partition coefficient (Wildman–Crippen LogP) is 0.0311. The number of para-hydroxylation sites is 1. The lowest BCUT2D eigenvalue weighted by Gasteiger charge is -2.36. The summed E-state index contributed by atoms with van der Waals surface area (Å²) < 4.78 is 0. The van der Waals surface area contributed by atoms with Crippen LogP contribution in [0.25, 0.3) is 10.9 Å². The van der Waals surface area contributed by atoms with Crippen LogP contribution in [-0.4, -0.2) is 17.0 Å². The molecule has 0 saturated carbocycles. The van der Waals surface area contributed by atoms with Gasteiger partial charge in [-0.05, 0) is 18.6 Å². The van der Waals surface area contributed by atoms with Gasteiger partial charge in [-0.3, -0.25) is 0 Å². The second-order valence-electron chi connectivity index (χ2n) is 5.59. The molecule has 0 bridgehead atoms. The minimum Gasteiger partial charge on any atom is -0.544 e. The summed E-state index contributed by atoms with van der Waals surface area (Å²) in [5.41, 5.74) is 3.15. The van der Waals surface area contributed by atoms with Crippen LogP contribution in [-0.2, 0) is 16.8 Å². The summed E-state index contributed by atoms with van der Waals surface area (Å²) in [7, 11) is 0. The molecule has 3 rings (SSSR count). The highest BCUT2D eigenvalue weighted by Gasteiger charge is 2.41. The average molecular weight is 258 g/mol. The first-order chi connectivity index (χ1) is 9.05. The SMILES string of the molecule is CC[C@]1(C)[NH2+][C@H](C(=O)[O-])Cc2c1[nH]c1ccccc21. The van der Waals surface area contributed by atoms with Crippen LogP contribution in [0.4, 0.5) is 0 Å². The second kappa shape index (κ2) is 4.10. The molecule has 4 nitrogen and oxygen atoms in total. The van der Waals surface area contributed by atoms with Crippen molar-refractivity contribution in [3.63, 3.8) is 0 Å². The maximum atomic E-state index is 11.3. The molecule has 1 aliphatic rings. The van der Waals surface area contributed by atoms with E-state index in [9.17, 15) is 9.90 Å². The van der Waals surface area contributed by atoms with E-state index in [4.69, 9.17) is 0 Å². The fourth-order valence-electron chi connectivity index (χ4n) is 3.15. The number of carbonyl (C=O) groups excluding carboxylic acids is 1. The molecule has 0 saturated heterocycles. The van der Waals surface area contributed by atoms with Crippen LogP contribution < -0.4 is 10.4 Å². The van der Waals surface area contributed by atoms with Crippen molar-refractivity contribution < 1.29 is 15.2 Å². The Labute approximate surface area is 111 Å². The number of carbonyl (C=O) groups is 1. The van der Waals surface area contributed by atoms with Gasteiger partial charge in [-0.15, -0.1) is 0 Å². The van der Waals surface area contributed by atoms with Crippen molar-refractivity contribution in [2.75, 3.05) is 0 Å². The molecule has 19 heavy (non-hydrogen) atoms. The van der Waals surface area contributed by atoms with Crippen LogP contribution >= 0.6 is 0 Å². The molecule has 0 unspecified atom stereocenters. The van der Waals surface area contributed by atoms with Crippen molar-refractivity contribution in [1.82, 2.24) is 4.98 Å². The molecule has 2 aromatic rings. The van der Waals surface area contributed by atoms with Crippen LogP contribution in [0.15, 0.2) is 24.3 Å². The molecule has 0 amide bonds. The molecule has 1 aromatic carbocycles. The molecule has 100 valence electrons. The van der Waals surface area contributed by atoms with Crippen molar-refractivity contribution in [2.45, 2.75) is 38.3 Å². The first-order valence-corrected chi connectivity index (χ1v) is 6.72. The average Bonchev–Trinajstić information content (AvgIpc) is 2.78. The first-order valence-electron chi connectivity index (χ1n) is 6.72. The number of hydrogen-bond donors (Lipinski definition) is 2. The lowest BCUT2D eigenvalue weighted by atomic mass is 9.83. The third kappa shape index (κ3) is 1.75. The highest BCUT2D eigenvalue weighted by molar-refractivity contribution is 5.86. The number of H-pyrrole nitrogens is 1. The number of rotatable bonds is 2. The highest BCUT2D eigenvalue weighted by atomic mass is 16.4. The van der Waals surface area contributed by atoms with E-state index in [0.717, 1.165) is 28.6 Å². The standard InChI is InChI=1S/C15H18N2O2/c1-3-15(2)13-10(8-12(17-15)14(18)19)9-6-4-5-7-11(9)16-13/h4-7,12,16-17H,3,8H2,1-2H3,(H,18,19)/t12-,15-/m0/s1.